The molecule has 31 heavy (non-hydrogen) atoms. The lowest BCUT2D eigenvalue weighted by molar-refractivity contribution is -0.137. The summed E-state index contributed by atoms with van der Waals surface area (Å²) in [6, 6.07) is 7.20. The van der Waals surface area contributed by atoms with E-state index in [0.717, 1.165) is 63.4 Å². The molecule has 3 rings (SSSR count). The van der Waals surface area contributed by atoms with Gasteiger partial charge in [-0.1, -0.05) is 24.3 Å². The number of allylic oxidation sites excluding steroid dienone is 3. The first kappa shape index (κ1) is 23.6. The number of nitriles is 1. The molecule has 2 fully saturated rings. The number of hydrogen-bond acceptors (Lipinski definition) is 1. The number of hydrogen-bond donors (Lipinski definition) is 0. The molecule has 1 nitrogen and oxygen atoms in total. The van der Waals surface area contributed by atoms with Crippen molar-refractivity contribution in [3.05, 3.63) is 59.4 Å². The van der Waals surface area contributed by atoms with Gasteiger partial charge in [-0.05, 0) is 112 Å². The lowest BCUT2D eigenvalue weighted by atomic mass is 9.69. The van der Waals surface area contributed by atoms with Crippen LogP contribution >= 0.6 is 0 Å². The number of rotatable bonds is 6. The van der Waals surface area contributed by atoms with Crippen LogP contribution in [-0.2, 0) is 6.18 Å². The number of halogens is 4. The van der Waals surface area contributed by atoms with E-state index in [1.165, 1.54) is 29.9 Å². The number of nitrogens with zero attached hydrogens (tertiary/aromatic N) is 1. The summed E-state index contributed by atoms with van der Waals surface area (Å²) in [4.78, 5) is 0. The Balaban J connectivity index is 1.43. The van der Waals surface area contributed by atoms with Gasteiger partial charge in [0.05, 0.1) is 5.56 Å². The maximum atomic E-state index is 12.9. The molecule has 0 bridgehead atoms. The molecule has 1 aromatic carbocycles. The van der Waals surface area contributed by atoms with Gasteiger partial charge in [-0.2, -0.15) is 22.8 Å². The van der Waals surface area contributed by atoms with Crippen LogP contribution in [0, 0.1) is 29.1 Å². The molecule has 0 saturated heterocycles. The van der Waals surface area contributed by atoms with Crippen LogP contribution in [0.2, 0.25) is 0 Å². The van der Waals surface area contributed by atoms with E-state index in [2.05, 4.69) is 6.58 Å². The van der Waals surface area contributed by atoms with Crippen molar-refractivity contribution >= 4 is 0 Å². The minimum absolute atomic E-state index is 0.337. The topological polar surface area (TPSA) is 23.8 Å². The lowest BCUT2D eigenvalue weighted by Gasteiger charge is -2.36. The molecular formula is C26H31F4N. The van der Waals surface area contributed by atoms with Crippen molar-refractivity contribution < 1.29 is 17.6 Å². The molecule has 1 aromatic rings. The van der Waals surface area contributed by atoms with Crippen molar-refractivity contribution in [1.82, 2.24) is 0 Å². The van der Waals surface area contributed by atoms with Crippen LogP contribution in [0.25, 0.3) is 0 Å². The first-order chi connectivity index (χ1) is 14.8. The van der Waals surface area contributed by atoms with Gasteiger partial charge in [-0.25, -0.2) is 0 Å². The summed E-state index contributed by atoms with van der Waals surface area (Å²) < 4.78 is 51.2. The SMILES string of the molecule is C=C(C1CCC(CCC=C(F)C#N)CC1)C1CCC(c2ccc(C(F)(F)F)cc2)CC1. The van der Waals surface area contributed by atoms with Crippen molar-refractivity contribution in [3.8, 4) is 6.07 Å². The third kappa shape index (κ3) is 6.45. The van der Waals surface area contributed by atoms with E-state index in [9.17, 15) is 17.6 Å². The van der Waals surface area contributed by atoms with Gasteiger partial charge in [0.2, 0.25) is 0 Å². The maximum absolute atomic E-state index is 12.9. The number of alkyl halides is 3. The molecule has 5 heteroatoms. The summed E-state index contributed by atoms with van der Waals surface area (Å²) in [6.45, 7) is 4.44. The van der Waals surface area contributed by atoms with Crippen LogP contribution < -0.4 is 0 Å². The molecule has 2 aliphatic rings. The normalized spacial score (nSPS) is 27.5. The largest absolute Gasteiger partial charge is 0.416 e. The van der Waals surface area contributed by atoms with E-state index < -0.39 is 17.6 Å². The van der Waals surface area contributed by atoms with Crippen molar-refractivity contribution in [2.45, 2.75) is 76.3 Å². The molecule has 0 aromatic heterocycles. The fourth-order valence-electron chi connectivity index (χ4n) is 5.39. The molecule has 0 aliphatic heterocycles. The minimum Gasteiger partial charge on any atom is -0.195 e. The fraction of sp³-hybridized carbons (Fsp3) is 0.577. The Bertz CT molecular complexity index is 799. The average Bonchev–Trinajstić information content (AvgIpc) is 2.78. The van der Waals surface area contributed by atoms with E-state index >= 15 is 0 Å². The standard InChI is InChI=1S/C26H31F4N/c1-18(20-7-5-19(6-8-20)3-2-4-25(27)17-31)21-9-11-22(12-10-21)23-13-15-24(16-14-23)26(28,29)30/h4,13-16,19-22H,1-3,5-12H2. The van der Waals surface area contributed by atoms with Gasteiger partial charge in [-0.15, -0.1) is 0 Å². The maximum Gasteiger partial charge on any atom is 0.416 e. The highest BCUT2D eigenvalue weighted by molar-refractivity contribution is 5.27. The minimum atomic E-state index is -4.28. The Kier molecular flexibility index (Phi) is 7.97. The van der Waals surface area contributed by atoms with E-state index in [-0.39, 0.29) is 0 Å². The first-order valence-electron chi connectivity index (χ1n) is 11.4. The highest BCUT2D eigenvalue weighted by Gasteiger charge is 2.32. The molecule has 0 spiro atoms. The van der Waals surface area contributed by atoms with Crippen LogP contribution in [0.5, 0.6) is 0 Å². The Morgan fingerprint density at radius 3 is 2.03 bits per heavy atom. The summed E-state index contributed by atoms with van der Waals surface area (Å²) in [5.74, 6) is 1.32. The number of benzene rings is 1. The van der Waals surface area contributed by atoms with Crippen molar-refractivity contribution in [3.63, 3.8) is 0 Å². The Morgan fingerprint density at radius 2 is 1.52 bits per heavy atom. The summed E-state index contributed by atoms with van der Waals surface area (Å²) in [7, 11) is 0. The van der Waals surface area contributed by atoms with Crippen LogP contribution in [-0.4, -0.2) is 0 Å². The van der Waals surface area contributed by atoms with Crippen LogP contribution in [0.3, 0.4) is 0 Å². The van der Waals surface area contributed by atoms with E-state index in [1.807, 2.05) is 0 Å². The van der Waals surface area contributed by atoms with E-state index in [4.69, 9.17) is 5.26 Å². The molecule has 0 amide bonds. The zero-order valence-electron chi connectivity index (χ0n) is 17.9. The molecule has 2 saturated carbocycles. The quantitative estimate of drug-likeness (QED) is 0.251. The second kappa shape index (κ2) is 10.5. The highest BCUT2D eigenvalue weighted by Crippen LogP contribution is 2.44. The lowest BCUT2D eigenvalue weighted by Crippen LogP contribution is -2.22. The monoisotopic (exact) mass is 433 g/mol. The third-order valence-corrected chi connectivity index (χ3v) is 7.34. The summed E-state index contributed by atoms with van der Waals surface area (Å²) >= 11 is 0. The average molecular weight is 434 g/mol. The molecule has 168 valence electrons. The predicted octanol–water partition coefficient (Wildman–Crippen LogP) is 8.50. The molecule has 0 heterocycles. The molecule has 0 radical (unpaired) electrons. The first-order valence-corrected chi connectivity index (χ1v) is 11.4. The van der Waals surface area contributed by atoms with Gasteiger partial charge >= 0.3 is 6.18 Å². The zero-order valence-corrected chi connectivity index (χ0v) is 17.9. The Labute approximate surface area is 182 Å². The highest BCUT2D eigenvalue weighted by atomic mass is 19.4. The van der Waals surface area contributed by atoms with Crippen LogP contribution in [0.1, 0.15) is 81.3 Å². The van der Waals surface area contributed by atoms with Crippen LogP contribution in [0.4, 0.5) is 17.6 Å². The van der Waals surface area contributed by atoms with Gasteiger partial charge in [0.1, 0.15) is 6.07 Å². The second-order valence-corrected chi connectivity index (χ2v) is 9.20. The molecule has 0 atom stereocenters. The fourth-order valence-corrected chi connectivity index (χ4v) is 5.39. The zero-order chi connectivity index (χ0) is 22.4. The molecule has 0 unspecified atom stereocenters. The van der Waals surface area contributed by atoms with Crippen molar-refractivity contribution in [2.24, 2.45) is 17.8 Å². The van der Waals surface area contributed by atoms with Gasteiger partial charge in [0.25, 0.3) is 0 Å². The van der Waals surface area contributed by atoms with Gasteiger partial charge in [-0.3, -0.25) is 0 Å². The molecule has 2 aliphatic carbocycles. The predicted molar refractivity (Wildman–Crippen MR) is 115 cm³/mol. The second-order valence-electron chi connectivity index (χ2n) is 9.20. The van der Waals surface area contributed by atoms with Crippen LogP contribution in [0.15, 0.2) is 48.3 Å². The Hall–Kier alpha value is -2.09. The van der Waals surface area contributed by atoms with E-state index in [1.54, 1.807) is 12.1 Å². The van der Waals surface area contributed by atoms with E-state index in [0.29, 0.717) is 30.1 Å². The van der Waals surface area contributed by atoms with Gasteiger partial charge in [0, 0.05) is 0 Å². The van der Waals surface area contributed by atoms with Gasteiger partial charge < -0.3 is 0 Å². The summed E-state index contributed by atoms with van der Waals surface area (Å²) in [6.07, 6.45) is 7.32. The summed E-state index contributed by atoms with van der Waals surface area (Å²) in [5.41, 5.74) is 1.79. The Morgan fingerprint density at radius 1 is 0.968 bits per heavy atom. The molecular weight excluding hydrogens is 402 g/mol. The molecule has 0 N–H and O–H groups in total. The van der Waals surface area contributed by atoms with Crippen molar-refractivity contribution in [1.29, 1.82) is 5.26 Å². The third-order valence-electron chi connectivity index (χ3n) is 7.34. The summed E-state index contributed by atoms with van der Waals surface area (Å²) in [5, 5.41) is 8.47. The van der Waals surface area contributed by atoms with Gasteiger partial charge in [0.15, 0.2) is 5.83 Å². The van der Waals surface area contributed by atoms with Crippen molar-refractivity contribution in [2.75, 3.05) is 0 Å². The smallest absolute Gasteiger partial charge is 0.195 e.